The maximum Gasteiger partial charge on any atom is 0.410 e. The molecule has 1 saturated heterocycles. The molecule has 0 spiro atoms. The van der Waals surface area contributed by atoms with Crippen LogP contribution >= 0.6 is 0 Å². The molecule has 1 aromatic heterocycles. The van der Waals surface area contributed by atoms with Gasteiger partial charge in [-0.25, -0.2) is 9.78 Å². The van der Waals surface area contributed by atoms with Gasteiger partial charge in [0.25, 0.3) is 0 Å². The molecule has 0 saturated carbocycles. The van der Waals surface area contributed by atoms with Crippen molar-refractivity contribution < 1.29 is 14.3 Å². The van der Waals surface area contributed by atoms with Crippen molar-refractivity contribution in [2.45, 2.75) is 65.1 Å². The van der Waals surface area contributed by atoms with Crippen LogP contribution in [0.2, 0.25) is 0 Å². The molecule has 1 aromatic carbocycles. The Hall–Kier alpha value is -2.24. The number of carbonyl (C=O) groups is 1. The van der Waals surface area contributed by atoms with E-state index >= 15 is 0 Å². The van der Waals surface area contributed by atoms with E-state index in [4.69, 9.17) is 9.47 Å². The van der Waals surface area contributed by atoms with E-state index < -0.39 is 5.60 Å². The second kappa shape index (κ2) is 7.56. The van der Waals surface area contributed by atoms with Crippen molar-refractivity contribution in [2.75, 3.05) is 13.1 Å². The summed E-state index contributed by atoms with van der Waals surface area (Å²) in [5, 5.41) is 0. The van der Waals surface area contributed by atoms with Crippen LogP contribution in [-0.2, 0) is 11.2 Å². The van der Waals surface area contributed by atoms with Gasteiger partial charge in [-0.3, -0.25) is 0 Å². The fraction of sp³-hybridized carbons (Fsp3) is 0.600. The number of nitrogens with zero attached hydrogens (tertiary/aromatic N) is 2. The second-order valence-electron chi connectivity index (χ2n) is 7.90. The largest absolute Gasteiger partial charge is 0.490 e. The molecule has 6 heteroatoms. The molecule has 0 radical (unpaired) electrons. The zero-order valence-corrected chi connectivity index (χ0v) is 16.2. The van der Waals surface area contributed by atoms with Gasteiger partial charge in [0, 0.05) is 38.4 Å². The van der Waals surface area contributed by atoms with Crippen molar-refractivity contribution in [2.24, 2.45) is 0 Å². The van der Waals surface area contributed by atoms with E-state index in [9.17, 15) is 4.79 Å². The number of benzene rings is 1. The lowest BCUT2D eigenvalue weighted by Gasteiger charge is -2.33. The SMILES string of the molecule is CCCc1nc2ccc(OC3CCN(C(=O)OC(C)(C)C)CC3)cc2[nH]1. The first kappa shape index (κ1) is 18.5. The molecule has 3 rings (SSSR count). The van der Waals surface area contributed by atoms with Crippen LogP contribution in [0.3, 0.4) is 0 Å². The Morgan fingerprint density at radius 3 is 2.69 bits per heavy atom. The first-order chi connectivity index (χ1) is 12.3. The number of likely N-dealkylation sites (tertiary alicyclic amines) is 1. The molecular weight excluding hydrogens is 330 g/mol. The van der Waals surface area contributed by atoms with Crippen LogP contribution in [0.25, 0.3) is 11.0 Å². The quantitative estimate of drug-likeness (QED) is 0.884. The van der Waals surface area contributed by atoms with Crippen molar-refractivity contribution in [3.8, 4) is 5.75 Å². The highest BCUT2D eigenvalue weighted by atomic mass is 16.6. The molecule has 2 aromatic rings. The van der Waals surface area contributed by atoms with Crippen LogP contribution in [0.4, 0.5) is 4.79 Å². The maximum atomic E-state index is 12.1. The van der Waals surface area contributed by atoms with Crippen LogP contribution in [0, 0.1) is 0 Å². The van der Waals surface area contributed by atoms with Crippen molar-refractivity contribution in [3.63, 3.8) is 0 Å². The summed E-state index contributed by atoms with van der Waals surface area (Å²) in [5.74, 6) is 1.87. The van der Waals surface area contributed by atoms with Gasteiger partial charge in [0.2, 0.25) is 0 Å². The average molecular weight is 359 g/mol. The minimum Gasteiger partial charge on any atom is -0.490 e. The number of hydrogen-bond acceptors (Lipinski definition) is 4. The number of aromatic amines is 1. The molecule has 26 heavy (non-hydrogen) atoms. The summed E-state index contributed by atoms with van der Waals surface area (Å²) in [4.78, 5) is 21.8. The monoisotopic (exact) mass is 359 g/mol. The molecule has 0 bridgehead atoms. The van der Waals surface area contributed by atoms with Crippen LogP contribution in [0.1, 0.15) is 52.8 Å². The van der Waals surface area contributed by atoms with Crippen LogP contribution < -0.4 is 4.74 Å². The van der Waals surface area contributed by atoms with E-state index in [1.807, 2.05) is 39.0 Å². The summed E-state index contributed by atoms with van der Waals surface area (Å²) in [6, 6.07) is 5.98. The van der Waals surface area contributed by atoms with Crippen LogP contribution in [0.5, 0.6) is 5.75 Å². The van der Waals surface area contributed by atoms with Crippen molar-refractivity contribution in [1.29, 1.82) is 0 Å². The average Bonchev–Trinajstić information content (AvgIpc) is 2.96. The van der Waals surface area contributed by atoms with Gasteiger partial charge < -0.3 is 19.4 Å². The highest BCUT2D eigenvalue weighted by molar-refractivity contribution is 5.76. The third-order valence-electron chi connectivity index (χ3n) is 4.39. The Morgan fingerprint density at radius 2 is 2.04 bits per heavy atom. The van der Waals surface area contributed by atoms with Crippen molar-refractivity contribution in [1.82, 2.24) is 14.9 Å². The van der Waals surface area contributed by atoms with E-state index in [1.165, 1.54) is 0 Å². The minimum absolute atomic E-state index is 0.115. The van der Waals surface area contributed by atoms with Crippen LogP contribution in [0.15, 0.2) is 18.2 Å². The van der Waals surface area contributed by atoms with Gasteiger partial charge in [-0.15, -0.1) is 0 Å². The zero-order valence-electron chi connectivity index (χ0n) is 16.2. The smallest absolute Gasteiger partial charge is 0.410 e. The lowest BCUT2D eigenvalue weighted by atomic mass is 10.1. The number of aryl methyl sites for hydroxylation is 1. The molecule has 0 aliphatic carbocycles. The predicted octanol–water partition coefficient (Wildman–Crippen LogP) is 4.29. The van der Waals surface area contributed by atoms with Gasteiger partial charge in [0.15, 0.2) is 0 Å². The van der Waals surface area contributed by atoms with E-state index in [-0.39, 0.29) is 12.2 Å². The molecule has 1 aliphatic heterocycles. The van der Waals surface area contributed by atoms with Crippen LogP contribution in [-0.4, -0.2) is 45.8 Å². The predicted molar refractivity (Wildman–Crippen MR) is 102 cm³/mol. The number of amides is 1. The minimum atomic E-state index is -0.458. The molecule has 2 heterocycles. The van der Waals surface area contributed by atoms with Crippen molar-refractivity contribution in [3.05, 3.63) is 24.0 Å². The molecular formula is C20H29N3O3. The standard InChI is InChI=1S/C20H29N3O3/c1-5-6-18-21-16-8-7-15(13-17(16)22-18)25-14-9-11-23(12-10-14)19(24)26-20(2,3)4/h7-8,13-14H,5-6,9-12H2,1-4H3,(H,21,22). The molecule has 0 atom stereocenters. The highest BCUT2D eigenvalue weighted by Gasteiger charge is 2.27. The summed E-state index contributed by atoms with van der Waals surface area (Å²) >= 11 is 0. The Bertz CT molecular complexity index is 755. The molecule has 6 nitrogen and oxygen atoms in total. The number of hydrogen-bond donors (Lipinski definition) is 1. The lowest BCUT2D eigenvalue weighted by Crippen LogP contribution is -2.44. The summed E-state index contributed by atoms with van der Waals surface area (Å²) in [7, 11) is 0. The number of imidazole rings is 1. The number of ether oxygens (including phenoxy) is 2. The van der Waals surface area contributed by atoms with E-state index in [2.05, 4.69) is 16.9 Å². The van der Waals surface area contributed by atoms with Gasteiger partial charge in [-0.05, 0) is 39.3 Å². The highest BCUT2D eigenvalue weighted by Crippen LogP contribution is 2.24. The summed E-state index contributed by atoms with van der Waals surface area (Å²) in [6.07, 6.45) is 3.51. The summed E-state index contributed by atoms with van der Waals surface area (Å²) < 4.78 is 11.6. The fourth-order valence-corrected chi connectivity index (χ4v) is 3.15. The molecule has 1 amide bonds. The Kier molecular flexibility index (Phi) is 5.39. The number of aromatic nitrogens is 2. The summed E-state index contributed by atoms with van der Waals surface area (Å²) in [6.45, 7) is 9.12. The van der Waals surface area contributed by atoms with Gasteiger partial charge in [-0.1, -0.05) is 6.92 Å². The molecule has 0 unspecified atom stereocenters. The fourth-order valence-electron chi connectivity index (χ4n) is 3.15. The van der Waals surface area contributed by atoms with Gasteiger partial charge in [0.05, 0.1) is 11.0 Å². The normalized spacial score (nSPS) is 16.1. The Morgan fingerprint density at radius 1 is 1.31 bits per heavy atom. The molecule has 1 aliphatic rings. The molecule has 1 N–H and O–H groups in total. The first-order valence-electron chi connectivity index (χ1n) is 9.47. The molecule has 142 valence electrons. The Balaban J connectivity index is 1.56. The zero-order chi connectivity index (χ0) is 18.7. The van der Waals surface area contributed by atoms with E-state index in [0.29, 0.717) is 13.1 Å². The van der Waals surface area contributed by atoms with E-state index in [0.717, 1.165) is 48.3 Å². The van der Waals surface area contributed by atoms with Gasteiger partial charge in [0.1, 0.15) is 23.3 Å². The van der Waals surface area contributed by atoms with Gasteiger partial charge >= 0.3 is 6.09 Å². The number of rotatable bonds is 4. The third-order valence-corrected chi connectivity index (χ3v) is 4.39. The first-order valence-corrected chi connectivity index (χ1v) is 9.47. The second-order valence-corrected chi connectivity index (χ2v) is 7.90. The lowest BCUT2D eigenvalue weighted by molar-refractivity contribution is 0.0127. The Labute approximate surface area is 154 Å². The van der Waals surface area contributed by atoms with E-state index in [1.54, 1.807) is 4.90 Å². The number of H-pyrrole nitrogens is 1. The molecule has 1 fully saturated rings. The summed E-state index contributed by atoms with van der Waals surface area (Å²) in [5.41, 5.74) is 1.53. The number of fused-ring (bicyclic) bond motifs is 1. The van der Waals surface area contributed by atoms with Crippen molar-refractivity contribution >= 4 is 17.1 Å². The third kappa shape index (κ3) is 4.68. The number of carbonyl (C=O) groups excluding carboxylic acids is 1. The maximum absolute atomic E-state index is 12.1. The number of piperidine rings is 1. The topological polar surface area (TPSA) is 67.4 Å². The number of nitrogens with one attached hydrogen (secondary N) is 1. The van der Waals surface area contributed by atoms with Gasteiger partial charge in [-0.2, -0.15) is 0 Å².